The molecule has 0 saturated heterocycles. The van der Waals surface area contributed by atoms with Gasteiger partial charge in [-0.2, -0.15) is 0 Å². The van der Waals surface area contributed by atoms with Gasteiger partial charge >= 0.3 is 0 Å². The van der Waals surface area contributed by atoms with Crippen LogP contribution in [0.15, 0.2) is 0 Å². The molecule has 0 aliphatic carbocycles. The molecule has 122 valence electrons. The molecule has 0 fully saturated rings. The lowest BCUT2D eigenvalue weighted by Crippen LogP contribution is -2.21. The van der Waals surface area contributed by atoms with Gasteiger partial charge in [0.2, 0.25) is 0 Å². The summed E-state index contributed by atoms with van der Waals surface area (Å²) in [5.41, 5.74) is -0.615. The van der Waals surface area contributed by atoms with Gasteiger partial charge in [0.1, 0.15) is 0 Å². The highest BCUT2D eigenvalue weighted by Gasteiger charge is 2.15. The second-order valence-corrected chi connectivity index (χ2v) is 8.91. The standard InChI is InChI=1S/C16H34O2S2/c1-4-5-6-7-8-9-10-11-12-15(13-17)20-19-14-16(2,3)18/h15,17-18H,4-14H2,1-3H3. The fraction of sp³-hybridized carbons (Fsp3) is 1.00. The molecule has 2 nitrogen and oxygen atoms in total. The van der Waals surface area contributed by atoms with Gasteiger partial charge in [-0.15, -0.1) is 0 Å². The zero-order valence-corrected chi connectivity index (χ0v) is 15.2. The molecule has 0 aromatic rings. The van der Waals surface area contributed by atoms with Gasteiger partial charge < -0.3 is 10.2 Å². The molecule has 0 aliphatic heterocycles. The van der Waals surface area contributed by atoms with E-state index < -0.39 is 5.60 Å². The first-order chi connectivity index (χ1) is 9.49. The van der Waals surface area contributed by atoms with Crippen LogP contribution >= 0.6 is 21.6 Å². The predicted octanol–water partition coefficient (Wildman–Crippen LogP) is 5.03. The molecule has 0 heterocycles. The summed E-state index contributed by atoms with van der Waals surface area (Å²) in [6.07, 6.45) is 11.8. The molecule has 0 aromatic heterocycles. The van der Waals surface area contributed by atoms with Crippen LogP contribution < -0.4 is 0 Å². The van der Waals surface area contributed by atoms with Crippen molar-refractivity contribution in [3.05, 3.63) is 0 Å². The Labute approximate surface area is 133 Å². The molecule has 0 rings (SSSR count). The van der Waals surface area contributed by atoms with Gasteiger partial charge in [0.05, 0.1) is 12.2 Å². The van der Waals surface area contributed by atoms with Gasteiger partial charge in [-0.3, -0.25) is 0 Å². The quantitative estimate of drug-likeness (QED) is 0.347. The van der Waals surface area contributed by atoms with E-state index in [0.717, 1.165) is 6.42 Å². The molecule has 4 heteroatoms. The number of hydrogen-bond acceptors (Lipinski definition) is 4. The number of unbranched alkanes of at least 4 members (excludes halogenated alkanes) is 7. The highest BCUT2D eigenvalue weighted by Crippen LogP contribution is 2.32. The Bertz CT molecular complexity index is 205. The number of hydrogen-bond donors (Lipinski definition) is 2. The summed E-state index contributed by atoms with van der Waals surface area (Å²) in [5.74, 6) is 0.714. The van der Waals surface area contributed by atoms with Crippen LogP contribution in [0.4, 0.5) is 0 Å². The number of rotatable bonds is 14. The summed E-state index contributed by atoms with van der Waals surface area (Å²) in [6, 6.07) is 0. The van der Waals surface area contributed by atoms with Crippen LogP contribution in [-0.4, -0.2) is 33.4 Å². The van der Waals surface area contributed by atoms with Crippen LogP contribution in [0, 0.1) is 0 Å². The molecule has 0 aromatic carbocycles. The lowest BCUT2D eigenvalue weighted by atomic mass is 10.1. The Morgan fingerprint density at radius 3 is 2.00 bits per heavy atom. The van der Waals surface area contributed by atoms with Crippen LogP contribution in [0.1, 0.15) is 78.6 Å². The summed E-state index contributed by atoms with van der Waals surface area (Å²) >= 11 is 0. The van der Waals surface area contributed by atoms with Gasteiger partial charge in [-0.1, -0.05) is 79.9 Å². The zero-order chi connectivity index (χ0) is 15.3. The Morgan fingerprint density at radius 2 is 1.50 bits per heavy atom. The Balaban J connectivity index is 3.41. The molecular formula is C16H34O2S2. The molecule has 1 unspecified atom stereocenters. The van der Waals surface area contributed by atoms with Crippen molar-refractivity contribution in [2.24, 2.45) is 0 Å². The van der Waals surface area contributed by atoms with E-state index in [1.807, 2.05) is 13.8 Å². The molecule has 0 bridgehead atoms. The summed E-state index contributed by atoms with van der Waals surface area (Å²) in [6.45, 7) is 6.16. The van der Waals surface area contributed by atoms with Crippen molar-refractivity contribution in [2.75, 3.05) is 12.4 Å². The van der Waals surface area contributed by atoms with Crippen molar-refractivity contribution in [3.63, 3.8) is 0 Å². The SMILES string of the molecule is CCCCCCCCCCC(CO)SSCC(C)(C)O. The molecule has 0 spiro atoms. The molecule has 2 N–H and O–H groups in total. The first-order valence-electron chi connectivity index (χ1n) is 8.11. The monoisotopic (exact) mass is 322 g/mol. The molecule has 0 radical (unpaired) electrons. The van der Waals surface area contributed by atoms with E-state index >= 15 is 0 Å². The van der Waals surface area contributed by atoms with E-state index in [2.05, 4.69) is 6.92 Å². The van der Waals surface area contributed by atoms with Gasteiger partial charge in [0.15, 0.2) is 0 Å². The average Bonchev–Trinajstić information content (AvgIpc) is 2.38. The summed E-state index contributed by atoms with van der Waals surface area (Å²) in [4.78, 5) is 0. The fourth-order valence-corrected chi connectivity index (χ4v) is 4.94. The van der Waals surface area contributed by atoms with Gasteiger partial charge in [-0.25, -0.2) is 0 Å². The maximum absolute atomic E-state index is 9.64. The second-order valence-electron chi connectivity index (χ2n) is 6.24. The molecule has 0 aliphatic rings. The van der Waals surface area contributed by atoms with Crippen molar-refractivity contribution in [3.8, 4) is 0 Å². The first kappa shape index (κ1) is 20.6. The third-order valence-corrected chi connectivity index (χ3v) is 6.40. The molecule has 0 saturated carbocycles. The lowest BCUT2D eigenvalue weighted by Gasteiger charge is -2.18. The number of aliphatic hydroxyl groups is 2. The van der Waals surface area contributed by atoms with Crippen molar-refractivity contribution >= 4 is 21.6 Å². The van der Waals surface area contributed by atoms with E-state index in [9.17, 15) is 10.2 Å². The third-order valence-electron chi connectivity index (χ3n) is 3.20. The third kappa shape index (κ3) is 15.0. The van der Waals surface area contributed by atoms with Crippen LogP contribution in [0.5, 0.6) is 0 Å². The predicted molar refractivity (Wildman–Crippen MR) is 94.4 cm³/mol. The van der Waals surface area contributed by atoms with E-state index in [0.29, 0.717) is 11.0 Å². The average molecular weight is 323 g/mol. The van der Waals surface area contributed by atoms with Crippen molar-refractivity contribution in [1.82, 2.24) is 0 Å². The summed E-state index contributed by atoms with van der Waals surface area (Å²) in [7, 11) is 3.41. The van der Waals surface area contributed by atoms with E-state index in [1.165, 1.54) is 51.4 Å². The van der Waals surface area contributed by atoms with E-state index in [-0.39, 0.29) is 6.61 Å². The minimum Gasteiger partial charge on any atom is -0.395 e. The van der Waals surface area contributed by atoms with Crippen molar-refractivity contribution in [1.29, 1.82) is 0 Å². The van der Waals surface area contributed by atoms with E-state index in [1.54, 1.807) is 21.6 Å². The summed E-state index contributed by atoms with van der Waals surface area (Å²) < 4.78 is 0. The van der Waals surface area contributed by atoms with Gasteiger partial charge in [0.25, 0.3) is 0 Å². The van der Waals surface area contributed by atoms with Gasteiger partial charge in [0, 0.05) is 11.0 Å². The van der Waals surface area contributed by atoms with Crippen LogP contribution in [0.25, 0.3) is 0 Å². The Morgan fingerprint density at radius 1 is 0.950 bits per heavy atom. The zero-order valence-electron chi connectivity index (χ0n) is 13.6. The van der Waals surface area contributed by atoms with Crippen LogP contribution in [-0.2, 0) is 0 Å². The van der Waals surface area contributed by atoms with Crippen molar-refractivity contribution < 1.29 is 10.2 Å². The minimum absolute atomic E-state index is 0.250. The maximum Gasteiger partial charge on any atom is 0.0690 e. The minimum atomic E-state index is -0.615. The topological polar surface area (TPSA) is 40.5 Å². The molecule has 0 amide bonds. The molecule has 1 atom stereocenters. The normalized spacial score (nSPS) is 13.7. The first-order valence-corrected chi connectivity index (χ1v) is 10.5. The van der Waals surface area contributed by atoms with Crippen LogP contribution in [0.3, 0.4) is 0 Å². The molecule has 20 heavy (non-hydrogen) atoms. The lowest BCUT2D eigenvalue weighted by molar-refractivity contribution is 0.107. The Hall–Kier alpha value is 0.620. The fourth-order valence-electron chi connectivity index (χ4n) is 1.95. The largest absolute Gasteiger partial charge is 0.395 e. The highest BCUT2D eigenvalue weighted by atomic mass is 33.1. The number of aliphatic hydroxyl groups excluding tert-OH is 1. The summed E-state index contributed by atoms with van der Waals surface area (Å²) in [5, 5.41) is 19.3. The Kier molecular flexibility index (Phi) is 13.7. The molecular weight excluding hydrogens is 288 g/mol. The second kappa shape index (κ2) is 13.3. The van der Waals surface area contributed by atoms with Gasteiger partial charge in [-0.05, 0) is 20.3 Å². The highest BCUT2D eigenvalue weighted by molar-refractivity contribution is 8.77. The van der Waals surface area contributed by atoms with Crippen molar-refractivity contribution in [2.45, 2.75) is 89.4 Å². The van der Waals surface area contributed by atoms with E-state index in [4.69, 9.17) is 0 Å². The smallest absolute Gasteiger partial charge is 0.0690 e. The van der Waals surface area contributed by atoms with Crippen LogP contribution in [0.2, 0.25) is 0 Å². The maximum atomic E-state index is 9.64.